The van der Waals surface area contributed by atoms with Crippen LogP contribution < -0.4 is 4.90 Å². The maximum absolute atomic E-state index is 6.23. The lowest BCUT2D eigenvalue weighted by Gasteiger charge is -2.38. The van der Waals surface area contributed by atoms with E-state index in [1.54, 1.807) is 6.20 Å². The molecule has 1 saturated heterocycles. The van der Waals surface area contributed by atoms with Crippen LogP contribution in [0.25, 0.3) is 0 Å². The molecule has 0 spiro atoms. The number of pyridine rings is 1. The predicted octanol–water partition coefficient (Wildman–Crippen LogP) is 3.49. The first-order chi connectivity index (χ1) is 8.11. The average Bonchev–Trinajstić information content (AvgIpc) is 2.30. The van der Waals surface area contributed by atoms with Gasteiger partial charge in [-0.1, -0.05) is 27.5 Å². The summed E-state index contributed by atoms with van der Waals surface area (Å²) in [6.07, 6.45) is 1.96. The van der Waals surface area contributed by atoms with Crippen LogP contribution in [0.2, 0.25) is 5.02 Å². The lowest BCUT2D eigenvalue weighted by atomic mass is 10.2. The van der Waals surface area contributed by atoms with E-state index in [1.807, 2.05) is 6.07 Å². The summed E-state index contributed by atoms with van der Waals surface area (Å²) < 4.78 is 6.58. The number of hydrogen-bond donors (Lipinski definition) is 0. The van der Waals surface area contributed by atoms with Crippen LogP contribution in [0, 0.1) is 0 Å². The van der Waals surface area contributed by atoms with Crippen molar-refractivity contribution in [1.82, 2.24) is 4.98 Å². The van der Waals surface area contributed by atoms with E-state index in [1.165, 1.54) is 0 Å². The second kappa shape index (κ2) is 5.87. The number of nitrogens with zero attached hydrogens (tertiary/aromatic N) is 2. The van der Waals surface area contributed by atoms with Gasteiger partial charge in [-0.05, 0) is 28.9 Å². The smallest absolute Gasteiger partial charge is 0.147 e. The summed E-state index contributed by atoms with van der Waals surface area (Å²) >= 11 is 13.0. The highest BCUT2D eigenvalue weighted by molar-refractivity contribution is 9.10. The van der Waals surface area contributed by atoms with Gasteiger partial charge < -0.3 is 9.64 Å². The van der Waals surface area contributed by atoms with Crippen LogP contribution in [0.15, 0.2) is 16.7 Å². The van der Waals surface area contributed by atoms with Gasteiger partial charge in [-0.2, -0.15) is 0 Å². The van der Waals surface area contributed by atoms with Crippen LogP contribution in [0.1, 0.15) is 6.92 Å². The molecule has 0 bridgehead atoms. The average molecular weight is 384 g/mol. The molecule has 1 aliphatic rings. The second-order valence-corrected chi connectivity index (χ2v) is 6.04. The number of halogens is 3. The number of morpholine rings is 1. The molecule has 1 aromatic heterocycles. The van der Waals surface area contributed by atoms with Gasteiger partial charge in [0.05, 0.1) is 23.8 Å². The Morgan fingerprint density at radius 2 is 2.41 bits per heavy atom. The Bertz CT molecular complexity index is 405. The van der Waals surface area contributed by atoms with E-state index in [0.29, 0.717) is 11.6 Å². The number of hydrogen-bond acceptors (Lipinski definition) is 3. The first-order valence-electron chi connectivity index (χ1n) is 5.37. The first-order valence-corrected chi connectivity index (χ1v) is 7.66. The molecule has 2 atom stereocenters. The van der Waals surface area contributed by atoms with Crippen LogP contribution in [0.3, 0.4) is 0 Å². The predicted molar refractivity (Wildman–Crippen MR) is 77.3 cm³/mol. The van der Waals surface area contributed by atoms with Crippen LogP contribution in [-0.2, 0) is 4.74 Å². The van der Waals surface area contributed by atoms with Gasteiger partial charge in [0.2, 0.25) is 0 Å². The largest absolute Gasteiger partial charge is 0.373 e. The maximum Gasteiger partial charge on any atom is 0.147 e. The summed E-state index contributed by atoms with van der Waals surface area (Å²) in [5, 5.41) is 1.49. The Hall–Kier alpha value is 0.160. The zero-order valence-corrected chi connectivity index (χ0v) is 13.3. The van der Waals surface area contributed by atoms with E-state index in [-0.39, 0.29) is 12.1 Å². The molecule has 0 aliphatic carbocycles. The zero-order chi connectivity index (χ0) is 12.4. The molecule has 0 aromatic carbocycles. The molecule has 17 heavy (non-hydrogen) atoms. The highest BCUT2D eigenvalue weighted by Gasteiger charge is 2.27. The third kappa shape index (κ3) is 3.13. The normalized spacial score (nSPS) is 25.1. The highest BCUT2D eigenvalue weighted by atomic mass is 79.9. The number of rotatable bonds is 2. The van der Waals surface area contributed by atoms with E-state index in [4.69, 9.17) is 16.3 Å². The van der Waals surface area contributed by atoms with Crippen LogP contribution in [0.4, 0.5) is 5.82 Å². The van der Waals surface area contributed by atoms with Gasteiger partial charge in [0, 0.05) is 22.5 Å². The Labute approximate surface area is 123 Å². The summed E-state index contributed by atoms with van der Waals surface area (Å²) in [5.41, 5.74) is 0. The van der Waals surface area contributed by atoms with E-state index < -0.39 is 0 Å². The van der Waals surface area contributed by atoms with E-state index in [2.05, 4.69) is 48.7 Å². The fraction of sp³-hybridized carbons (Fsp3) is 0.545. The van der Waals surface area contributed by atoms with Gasteiger partial charge >= 0.3 is 0 Å². The molecule has 0 saturated carbocycles. The minimum Gasteiger partial charge on any atom is -0.373 e. The standard InChI is InChI=1S/C11H13Br2ClN2O/c1-7-6-17-9(3-12)5-16(7)11-10(14)2-8(13)4-15-11/h2,4,7,9H,3,5-6H2,1H3. The molecule has 1 aromatic rings. The summed E-state index contributed by atoms with van der Waals surface area (Å²) in [5.74, 6) is 0.830. The van der Waals surface area contributed by atoms with Crippen molar-refractivity contribution in [2.24, 2.45) is 0 Å². The quantitative estimate of drug-likeness (QED) is 0.730. The lowest BCUT2D eigenvalue weighted by molar-refractivity contribution is 0.0376. The Morgan fingerprint density at radius 3 is 3.06 bits per heavy atom. The lowest BCUT2D eigenvalue weighted by Crippen LogP contribution is -2.49. The molecule has 2 unspecified atom stereocenters. The number of ether oxygens (including phenoxy) is 1. The maximum atomic E-state index is 6.23. The molecule has 1 fully saturated rings. The van der Waals surface area contributed by atoms with Gasteiger partial charge in [-0.25, -0.2) is 4.98 Å². The summed E-state index contributed by atoms with van der Waals surface area (Å²) in [7, 11) is 0. The molecule has 2 rings (SSSR count). The molecule has 2 heterocycles. The molecular formula is C11H13Br2ClN2O. The molecule has 0 amide bonds. The third-order valence-corrected chi connectivity index (χ3v) is 4.17. The third-order valence-electron chi connectivity index (χ3n) is 2.74. The first kappa shape index (κ1) is 13.6. The molecule has 1 aliphatic heterocycles. The van der Waals surface area contributed by atoms with Crippen molar-refractivity contribution in [3.63, 3.8) is 0 Å². The van der Waals surface area contributed by atoms with Gasteiger partial charge in [0.1, 0.15) is 5.82 Å². The Balaban J connectivity index is 2.24. The van der Waals surface area contributed by atoms with Crippen molar-refractivity contribution in [2.75, 3.05) is 23.4 Å². The number of anilines is 1. The van der Waals surface area contributed by atoms with Crippen molar-refractivity contribution in [1.29, 1.82) is 0 Å². The van der Waals surface area contributed by atoms with Gasteiger partial charge in [-0.15, -0.1) is 0 Å². The molecule has 94 valence electrons. The zero-order valence-electron chi connectivity index (χ0n) is 9.37. The SMILES string of the molecule is CC1COC(CBr)CN1c1ncc(Br)cc1Cl. The topological polar surface area (TPSA) is 25.4 Å². The van der Waals surface area contributed by atoms with Crippen LogP contribution in [-0.4, -0.2) is 35.6 Å². The van der Waals surface area contributed by atoms with Gasteiger partial charge in [0.15, 0.2) is 0 Å². The molecule has 6 heteroatoms. The van der Waals surface area contributed by atoms with Crippen LogP contribution >= 0.6 is 43.5 Å². The summed E-state index contributed by atoms with van der Waals surface area (Å²) in [6.45, 7) is 3.62. The number of aromatic nitrogens is 1. The minimum atomic E-state index is 0.188. The van der Waals surface area contributed by atoms with Gasteiger partial charge in [0.25, 0.3) is 0 Å². The molecule has 3 nitrogen and oxygen atoms in total. The molecule has 0 N–H and O–H groups in total. The minimum absolute atomic E-state index is 0.188. The van der Waals surface area contributed by atoms with Crippen molar-refractivity contribution in [3.8, 4) is 0 Å². The molecule has 0 radical (unpaired) electrons. The Morgan fingerprint density at radius 1 is 1.65 bits per heavy atom. The van der Waals surface area contributed by atoms with Crippen molar-refractivity contribution in [3.05, 3.63) is 21.8 Å². The fourth-order valence-electron chi connectivity index (χ4n) is 1.82. The summed E-state index contributed by atoms with van der Waals surface area (Å²) in [6, 6.07) is 2.16. The second-order valence-electron chi connectivity index (χ2n) is 4.07. The van der Waals surface area contributed by atoms with Crippen molar-refractivity contribution in [2.45, 2.75) is 19.1 Å². The van der Waals surface area contributed by atoms with Crippen molar-refractivity contribution >= 4 is 49.3 Å². The fourth-order valence-corrected chi connectivity index (χ4v) is 2.95. The van der Waals surface area contributed by atoms with Gasteiger partial charge in [-0.3, -0.25) is 0 Å². The van der Waals surface area contributed by atoms with E-state index in [9.17, 15) is 0 Å². The highest BCUT2D eigenvalue weighted by Crippen LogP contribution is 2.29. The number of alkyl halides is 1. The van der Waals surface area contributed by atoms with E-state index >= 15 is 0 Å². The summed E-state index contributed by atoms with van der Waals surface area (Å²) in [4.78, 5) is 6.60. The van der Waals surface area contributed by atoms with E-state index in [0.717, 1.165) is 22.2 Å². The monoisotopic (exact) mass is 382 g/mol. The Kier molecular flexibility index (Phi) is 4.69. The van der Waals surface area contributed by atoms with Crippen LogP contribution in [0.5, 0.6) is 0 Å². The van der Waals surface area contributed by atoms with Crippen molar-refractivity contribution < 1.29 is 4.74 Å². The molecular weight excluding hydrogens is 371 g/mol.